The van der Waals surface area contributed by atoms with Crippen LogP contribution in [0.15, 0.2) is 21.7 Å². The third-order valence-electron chi connectivity index (χ3n) is 3.90. The third-order valence-corrected chi connectivity index (χ3v) is 6.72. The number of amides is 2. The van der Waals surface area contributed by atoms with Gasteiger partial charge in [-0.15, -0.1) is 11.3 Å². The van der Waals surface area contributed by atoms with Gasteiger partial charge in [-0.25, -0.2) is 13.1 Å². The molecule has 1 aliphatic rings. The van der Waals surface area contributed by atoms with Crippen LogP contribution in [0, 0.1) is 11.8 Å². The first-order valence-electron chi connectivity index (χ1n) is 7.48. The van der Waals surface area contributed by atoms with Crippen LogP contribution in [0.1, 0.15) is 32.6 Å². The smallest absolute Gasteiger partial charge is 0.250 e. The average molecular weight is 359 g/mol. The molecule has 1 saturated carbocycles. The molecule has 1 aromatic heterocycles. The maximum atomic E-state index is 12.1. The minimum absolute atomic E-state index is 0.132. The number of sulfonamides is 1. The van der Waals surface area contributed by atoms with Gasteiger partial charge in [-0.3, -0.25) is 20.4 Å². The van der Waals surface area contributed by atoms with Gasteiger partial charge in [-0.05, 0) is 43.0 Å². The average Bonchev–Trinajstić information content (AvgIpc) is 3.06. The number of nitrogens with one attached hydrogen (secondary N) is 3. The van der Waals surface area contributed by atoms with E-state index in [4.69, 9.17) is 0 Å². The number of hydrazine groups is 1. The van der Waals surface area contributed by atoms with Crippen molar-refractivity contribution in [3.8, 4) is 0 Å². The van der Waals surface area contributed by atoms with Crippen molar-refractivity contribution in [1.82, 2.24) is 15.6 Å². The third kappa shape index (κ3) is 5.29. The van der Waals surface area contributed by atoms with E-state index in [0.29, 0.717) is 23.6 Å². The molecule has 0 unspecified atom stereocenters. The molecule has 2 rings (SSSR count). The minimum Gasteiger partial charge on any atom is -0.274 e. The lowest BCUT2D eigenvalue weighted by atomic mass is 9.82. The zero-order chi connectivity index (χ0) is 16.9. The molecule has 0 atom stereocenters. The molecule has 1 aromatic rings. The van der Waals surface area contributed by atoms with Crippen LogP contribution >= 0.6 is 11.3 Å². The Morgan fingerprint density at radius 3 is 2.48 bits per heavy atom. The Kier molecular flexibility index (Phi) is 6.14. The fourth-order valence-electron chi connectivity index (χ4n) is 2.60. The van der Waals surface area contributed by atoms with Crippen molar-refractivity contribution in [2.45, 2.75) is 36.8 Å². The van der Waals surface area contributed by atoms with Gasteiger partial charge in [0.05, 0.1) is 0 Å². The molecular weight excluding hydrogens is 338 g/mol. The molecule has 0 radical (unpaired) electrons. The number of carbonyl (C=O) groups is 2. The maximum absolute atomic E-state index is 12.1. The lowest BCUT2D eigenvalue weighted by Crippen LogP contribution is -2.44. The van der Waals surface area contributed by atoms with Crippen LogP contribution < -0.4 is 15.6 Å². The molecule has 2 amide bonds. The first-order chi connectivity index (χ1) is 10.9. The summed E-state index contributed by atoms with van der Waals surface area (Å²) in [4.78, 5) is 22.6. The predicted molar refractivity (Wildman–Crippen MR) is 86.9 cm³/mol. The Balaban J connectivity index is 1.75. The molecule has 23 heavy (non-hydrogen) atoms. The van der Waals surface area contributed by atoms with Crippen LogP contribution in [0.3, 0.4) is 0 Å². The predicted octanol–water partition coefficient (Wildman–Crippen LogP) is 1.00. The molecule has 1 heterocycles. The molecule has 9 heteroatoms. The molecule has 0 aromatic carbocycles. The van der Waals surface area contributed by atoms with Crippen LogP contribution in [-0.2, 0) is 19.6 Å². The monoisotopic (exact) mass is 359 g/mol. The second-order valence-electron chi connectivity index (χ2n) is 5.67. The molecule has 7 nitrogen and oxygen atoms in total. The van der Waals surface area contributed by atoms with E-state index >= 15 is 0 Å². The molecule has 0 bridgehead atoms. The number of hydrogen-bond donors (Lipinski definition) is 3. The Morgan fingerprint density at radius 1 is 1.22 bits per heavy atom. The SMILES string of the molecule is CC(=O)NNC(=O)C1CCC(CNS(=O)(=O)c2cccs2)CC1. The standard InChI is InChI=1S/C14H21N3O4S2/c1-10(18)16-17-14(19)12-6-4-11(5-7-12)9-15-23(20,21)13-3-2-8-22-13/h2-3,8,11-12,15H,4-7,9H2,1H3,(H,16,18)(H,17,19). The fourth-order valence-corrected chi connectivity index (χ4v) is 4.75. The summed E-state index contributed by atoms with van der Waals surface area (Å²) < 4.78 is 27.1. The zero-order valence-electron chi connectivity index (χ0n) is 12.9. The normalized spacial score (nSPS) is 21.6. The van der Waals surface area contributed by atoms with Gasteiger partial charge in [0, 0.05) is 19.4 Å². The Hall–Kier alpha value is -1.45. The van der Waals surface area contributed by atoms with Crippen LogP contribution in [-0.4, -0.2) is 26.8 Å². The van der Waals surface area contributed by atoms with Crippen LogP contribution in [0.25, 0.3) is 0 Å². The van der Waals surface area contributed by atoms with Crippen LogP contribution in [0.4, 0.5) is 0 Å². The summed E-state index contributed by atoms with van der Waals surface area (Å²) in [6.45, 7) is 1.72. The van der Waals surface area contributed by atoms with E-state index in [0.717, 1.165) is 12.8 Å². The van der Waals surface area contributed by atoms with Crippen molar-refractivity contribution in [1.29, 1.82) is 0 Å². The number of rotatable bonds is 5. The highest BCUT2D eigenvalue weighted by Crippen LogP contribution is 2.28. The van der Waals surface area contributed by atoms with E-state index < -0.39 is 10.0 Å². The highest BCUT2D eigenvalue weighted by Gasteiger charge is 2.27. The molecule has 1 fully saturated rings. The second kappa shape index (κ2) is 7.89. The van der Waals surface area contributed by atoms with Gasteiger partial charge < -0.3 is 0 Å². The van der Waals surface area contributed by atoms with Gasteiger partial charge in [-0.2, -0.15) is 0 Å². The van der Waals surface area contributed by atoms with Gasteiger partial charge >= 0.3 is 0 Å². The highest BCUT2D eigenvalue weighted by atomic mass is 32.2. The summed E-state index contributed by atoms with van der Waals surface area (Å²) >= 11 is 1.19. The summed E-state index contributed by atoms with van der Waals surface area (Å²) in [6.07, 6.45) is 2.95. The van der Waals surface area contributed by atoms with E-state index in [2.05, 4.69) is 15.6 Å². The summed E-state index contributed by atoms with van der Waals surface area (Å²) in [5.74, 6) is -0.394. The van der Waals surface area contributed by atoms with Gasteiger partial charge in [-0.1, -0.05) is 6.07 Å². The lowest BCUT2D eigenvalue weighted by Gasteiger charge is -2.27. The largest absolute Gasteiger partial charge is 0.274 e. The number of carbonyl (C=O) groups excluding carboxylic acids is 2. The van der Waals surface area contributed by atoms with Crippen molar-refractivity contribution < 1.29 is 18.0 Å². The number of thiophene rings is 1. The van der Waals surface area contributed by atoms with Crippen molar-refractivity contribution >= 4 is 33.2 Å². The van der Waals surface area contributed by atoms with Crippen molar-refractivity contribution in [2.24, 2.45) is 11.8 Å². The first kappa shape index (κ1) is 17.9. The summed E-state index contributed by atoms with van der Waals surface area (Å²) in [7, 11) is -3.42. The van der Waals surface area contributed by atoms with Gasteiger partial charge in [0.2, 0.25) is 21.8 Å². The zero-order valence-corrected chi connectivity index (χ0v) is 14.5. The second-order valence-corrected chi connectivity index (χ2v) is 8.61. The molecule has 1 aliphatic carbocycles. The summed E-state index contributed by atoms with van der Waals surface area (Å²) in [6, 6.07) is 3.29. The highest BCUT2D eigenvalue weighted by molar-refractivity contribution is 7.91. The fraction of sp³-hybridized carbons (Fsp3) is 0.571. The van der Waals surface area contributed by atoms with E-state index in [1.165, 1.54) is 18.3 Å². The Bertz CT molecular complexity index is 635. The summed E-state index contributed by atoms with van der Waals surface area (Å²) in [5, 5.41) is 1.73. The molecule has 0 spiro atoms. The van der Waals surface area contributed by atoms with E-state index in [1.807, 2.05) is 0 Å². The van der Waals surface area contributed by atoms with Gasteiger partial charge in [0.25, 0.3) is 0 Å². The minimum atomic E-state index is -3.42. The van der Waals surface area contributed by atoms with Crippen molar-refractivity contribution in [3.63, 3.8) is 0 Å². The Morgan fingerprint density at radius 2 is 1.91 bits per heavy atom. The van der Waals surface area contributed by atoms with E-state index in [9.17, 15) is 18.0 Å². The maximum Gasteiger partial charge on any atom is 0.250 e. The molecular formula is C14H21N3O4S2. The molecule has 128 valence electrons. The van der Waals surface area contributed by atoms with Gasteiger partial charge in [0.1, 0.15) is 4.21 Å². The topological polar surface area (TPSA) is 104 Å². The quantitative estimate of drug-likeness (QED) is 0.682. The van der Waals surface area contributed by atoms with Crippen LogP contribution in [0.2, 0.25) is 0 Å². The Labute approximate surface area is 139 Å². The van der Waals surface area contributed by atoms with E-state index in [-0.39, 0.29) is 23.7 Å². The van der Waals surface area contributed by atoms with Gasteiger partial charge in [0.15, 0.2) is 0 Å². The van der Waals surface area contributed by atoms with Crippen molar-refractivity contribution in [3.05, 3.63) is 17.5 Å². The van der Waals surface area contributed by atoms with Crippen LogP contribution in [0.5, 0.6) is 0 Å². The van der Waals surface area contributed by atoms with Crippen molar-refractivity contribution in [2.75, 3.05) is 6.54 Å². The number of hydrogen-bond acceptors (Lipinski definition) is 5. The summed E-state index contributed by atoms with van der Waals surface area (Å²) in [5.41, 5.74) is 4.68. The first-order valence-corrected chi connectivity index (χ1v) is 9.84. The molecule has 0 saturated heterocycles. The molecule has 3 N–H and O–H groups in total. The van der Waals surface area contributed by atoms with E-state index in [1.54, 1.807) is 17.5 Å². The lowest BCUT2D eigenvalue weighted by molar-refractivity contribution is -0.131. The molecule has 0 aliphatic heterocycles.